The Balaban J connectivity index is 0. The fourth-order valence-corrected chi connectivity index (χ4v) is 2.39. The molecule has 0 atom stereocenters. The summed E-state index contributed by atoms with van der Waals surface area (Å²) in [4.78, 5) is 0. The van der Waals surface area contributed by atoms with Crippen molar-refractivity contribution in [3.63, 3.8) is 0 Å². The van der Waals surface area contributed by atoms with Crippen LogP contribution in [0.15, 0.2) is 12.2 Å². The summed E-state index contributed by atoms with van der Waals surface area (Å²) >= 11 is 0. The Morgan fingerprint density at radius 2 is 1.00 bits per heavy atom. The third-order valence-electron chi connectivity index (χ3n) is 3.72. The average molecular weight is 464 g/mol. The maximum atomic E-state index is 5.47. The Labute approximate surface area is 143 Å². The Hall–Kier alpha value is 0.440. The van der Waals surface area contributed by atoms with Crippen molar-refractivity contribution < 1.29 is 22.4 Å². The van der Waals surface area contributed by atoms with Gasteiger partial charge in [0.1, 0.15) is 0 Å². The maximum Gasteiger partial charge on any atom is 0 e. The molecule has 2 heteroatoms. The van der Waals surface area contributed by atoms with Gasteiger partial charge in [-0.25, -0.2) is 0 Å². The topological polar surface area (TPSA) is 26.0 Å². The van der Waals surface area contributed by atoms with Gasteiger partial charge in [-0.05, 0) is 38.6 Å². The minimum Gasteiger partial charge on any atom is -0.330 e. The molecule has 0 aromatic rings. The largest absolute Gasteiger partial charge is 0.330 e. The van der Waals surface area contributed by atoms with E-state index < -0.39 is 0 Å². The Bertz CT molecular complexity index is 180. The van der Waals surface area contributed by atoms with Crippen LogP contribution >= 0.6 is 0 Å². The van der Waals surface area contributed by atoms with Gasteiger partial charge in [-0.2, -0.15) is 0 Å². The van der Waals surface area contributed by atoms with Crippen LogP contribution in [0.3, 0.4) is 0 Å². The van der Waals surface area contributed by atoms with E-state index in [0.29, 0.717) is 0 Å². The molecule has 0 rings (SSSR count). The van der Waals surface area contributed by atoms with Crippen molar-refractivity contribution in [2.24, 2.45) is 5.73 Å². The van der Waals surface area contributed by atoms with Crippen LogP contribution in [0, 0.1) is 0 Å². The maximum absolute atomic E-state index is 5.47. The predicted octanol–water partition coefficient (Wildman–Crippen LogP) is 5.98. The Morgan fingerprint density at radius 1 is 0.600 bits per heavy atom. The molecule has 2 N–H and O–H groups in total. The van der Waals surface area contributed by atoms with Crippen LogP contribution in [0.5, 0.6) is 0 Å². The van der Waals surface area contributed by atoms with Crippen LogP contribution in [0.2, 0.25) is 0 Å². The number of nitrogens with two attached hydrogens (primary N) is 1. The van der Waals surface area contributed by atoms with Crippen molar-refractivity contribution in [1.29, 1.82) is 0 Å². The first-order valence-electron chi connectivity index (χ1n) is 8.77. The van der Waals surface area contributed by atoms with E-state index in [4.69, 9.17) is 5.73 Å². The van der Waals surface area contributed by atoms with Gasteiger partial charge in [0, 0.05) is 22.4 Å². The minimum absolute atomic E-state index is 0. The van der Waals surface area contributed by atoms with Crippen molar-refractivity contribution in [1.82, 2.24) is 0 Å². The number of hydrogen-bond acceptors (Lipinski definition) is 1. The zero-order chi connectivity index (χ0) is 14.0. The number of unbranched alkanes of at least 4 members (excludes halogenated alkanes) is 12. The predicted molar refractivity (Wildman–Crippen MR) is 88.5 cm³/mol. The van der Waals surface area contributed by atoms with Gasteiger partial charge in [-0.3, -0.25) is 0 Å². The van der Waals surface area contributed by atoms with Crippen molar-refractivity contribution >= 4 is 0 Å². The van der Waals surface area contributed by atoms with Crippen molar-refractivity contribution in [2.45, 2.75) is 96.8 Å². The number of hydrogen-bond donors (Lipinski definition) is 1. The molecular formula is C18H37AuN. The molecule has 0 aliphatic rings. The van der Waals surface area contributed by atoms with Crippen LogP contribution in [-0.2, 0) is 22.4 Å². The van der Waals surface area contributed by atoms with Crippen molar-refractivity contribution in [2.75, 3.05) is 6.54 Å². The summed E-state index contributed by atoms with van der Waals surface area (Å²) in [5.41, 5.74) is 5.47. The second kappa shape index (κ2) is 21.7. The summed E-state index contributed by atoms with van der Waals surface area (Å²) in [6.45, 7) is 3.14. The molecule has 0 heterocycles. The molecule has 0 saturated carbocycles. The molecule has 0 unspecified atom stereocenters. The molecule has 0 amide bonds. The summed E-state index contributed by atoms with van der Waals surface area (Å²) in [5.74, 6) is 0. The molecule has 0 spiro atoms. The molecule has 1 radical (unpaired) electrons. The third kappa shape index (κ3) is 20.8. The van der Waals surface area contributed by atoms with Crippen LogP contribution in [-0.4, -0.2) is 6.54 Å². The molecule has 0 saturated heterocycles. The Morgan fingerprint density at radius 3 is 1.45 bits per heavy atom. The first kappa shape index (κ1) is 22.7. The van der Waals surface area contributed by atoms with Crippen LogP contribution in [0.25, 0.3) is 0 Å². The van der Waals surface area contributed by atoms with Gasteiger partial charge in [0.05, 0.1) is 0 Å². The molecule has 0 bridgehead atoms. The van der Waals surface area contributed by atoms with Crippen LogP contribution in [0.4, 0.5) is 0 Å². The molecule has 1 nitrogen and oxygen atoms in total. The zero-order valence-electron chi connectivity index (χ0n) is 13.6. The first-order chi connectivity index (χ1) is 9.41. The van der Waals surface area contributed by atoms with E-state index in [-0.39, 0.29) is 22.4 Å². The average Bonchev–Trinajstić information content (AvgIpc) is 2.43. The van der Waals surface area contributed by atoms with E-state index in [2.05, 4.69) is 19.1 Å². The summed E-state index contributed by atoms with van der Waals surface area (Å²) < 4.78 is 0. The fourth-order valence-electron chi connectivity index (χ4n) is 2.39. The monoisotopic (exact) mass is 464 g/mol. The van der Waals surface area contributed by atoms with Crippen molar-refractivity contribution in [3.8, 4) is 0 Å². The molecular weight excluding hydrogens is 427 g/mol. The standard InChI is InChI=1S/C18H37N.Au/c1-2-3-4-5-6-7-8-9-10-11-12-13-14-15-16-17-18-19;/h9-10H,2-8,11-19H2,1H3;/b10-9-;. The summed E-state index contributed by atoms with van der Waals surface area (Å²) in [7, 11) is 0. The van der Waals surface area contributed by atoms with Gasteiger partial charge in [-0.15, -0.1) is 0 Å². The number of rotatable bonds is 15. The van der Waals surface area contributed by atoms with Gasteiger partial charge in [0.15, 0.2) is 0 Å². The molecule has 0 aliphatic carbocycles. The quantitative estimate of drug-likeness (QED) is 0.180. The van der Waals surface area contributed by atoms with Crippen LogP contribution in [0.1, 0.15) is 96.8 Å². The molecule has 20 heavy (non-hydrogen) atoms. The minimum atomic E-state index is 0. The van der Waals surface area contributed by atoms with E-state index >= 15 is 0 Å². The fraction of sp³-hybridized carbons (Fsp3) is 0.889. The van der Waals surface area contributed by atoms with Crippen LogP contribution < -0.4 is 5.73 Å². The number of allylic oxidation sites excluding steroid dienone is 2. The van der Waals surface area contributed by atoms with Gasteiger partial charge < -0.3 is 5.73 Å². The van der Waals surface area contributed by atoms with Gasteiger partial charge in [-0.1, -0.05) is 76.9 Å². The van der Waals surface area contributed by atoms with E-state index in [0.717, 1.165) is 6.54 Å². The molecule has 125 valence electrons. The smallest absolute Gasteiger partial charge is 0 e. The summed E-state index contributed by atoms with van der Waals surface area (Å²) in [6, 6.07) is 0. The molecule has 0 aromatic carbocycles. The zero-order valence-corrected chi connectivity index (χ0v) is 15.8. The Kier molecular flexibility index (Phi) is 24.7. The molecule has 0 aromatic heterocycles. The van der Waals surface area contributed by atoms with Crippen molar-refractivity contribution in [3.05, 3.63) is 12.2 Å². The van der Waals surface area contributed by atoms with E-state index in [1.54, 1.807) is 0 Å². The third-order valence-corrected chi connectivity index (χ3v) is 3.72. The van der Waals surface area contributed by atoms with Gasteiger partial charge in [0.25, 0.3) is 0 Å². The molecule has 0 aliphatic heterocycles. The van der Waals surface area contributed by atoms with E-state index in [1.807, 2.05) is 0 Å². The van der Waals surface area contributed by atoms with E-state index in [9.17, 15) is 0 Å². The summed E-state index contributed by atoms with van der Waals surface area (Å²) in [5, 5.41) is 0. The van der Waals surface area contributed by atoms with Gasteiger partial charge >= 0.3 is 0 Å². The van der Waals surface area contributed by atoms with E-state index in [1.165, 1.54) is 89.9 Å². The first-order valence-corrected chi connectivity index (χ1v) is 8.77. The van der Waals surface area contributed by atoms with Gasteiger partial charge in [0.2, 0.25) is 0 Å². The second-order valence-electron chi connectivity index (χ2n) is 5.73. The summed E-state index contributed by atoms with van der Waals surface area (Å²) in [6.07, 6.45) is 23.9. The normalized spacial score (nSPS) is 10.9. The second-order valence-corrected chi connectivity index (χ2v) is 5.73. The molecule has 0 fully saturated rings. The SMILES string of the molecule is CCCCCCCC/C=C\CCCCCCCCN.[Au].